The first kappa shape index (κ1) is 14.6. The van der Waals surface area contributed by atoms with Crippen molar-refractivity contribution in [3.05, 3.63) is 18.0 Å². The van der Waals surface area contributed by atoms with Gasteiger partial charge in [-0.05, 0) is 43.1 Å². The fourth-order valence-electron chi connectivity index (χ4n) is 3.39. The van der Waals surface area contributed by atoms with E-state index in [1.807, 2.05) is 10.9 Å². The molecule has 1 aromatic rings. The second-order valence-corrected chi connectivity index (χ2v) is 6.67. The van der Waals surface area contributed by atoms with Crippen LogP contribution in [0.5, 0.6) is 0 Å². The molecule has 1 aliphatic carbocycles. The van der Waals surface area contributed by atoms with Crippen LogP contribution in [-0.4, -0.2) is 22.4 Å². The number of nitrogens with one attached hydrogen (secondary N) is 1. The van der Waals surface area contributed by atoms with E-state index in [1.54, 1.807) is 0 Å². The maximum Gasteiger partial charge on any atom is 0.0534 e. The maximum absolute atomic E-state index is 4.34. The van der Waals surface area contributed by atoms with Crippen LogP contribution in [-0.2, 0) is 6.54 Å². The van der Waals surface area contributed by atoms with Gasteiger partial charge < -0.3 is 5.32 Å². The minimum Gasteiger partial charge on any atom is -0.312 e. The van der Waals surface area contributed by atoms with Crippen molar-refractivity contribution in [3.8, 4) is 0 Å². The third kappa shape index (κ3) is 4.07. The van der Waals surface area contributed by atoms with Crippen LogP contribution < -0.4 is 5.32 Å². The Hall–Kier alpha value is -0.830. The van der Waals surface area contributed by atoms with E-state index >= 15 is 0 Å². The third-order valence-corrected chi connectivity index (χ3v) is 4.53. The fraction of sp³-hybridized carbons (Fsp3) is 0.812. The third-order valence-electron chi connectivity index (χ3n) is 4.53. The van der Waals surface area contributed by atoms with Gasteiger partial charge in [-0.2, -0.15) is 5.10 Å². The van der Waals surface area contributed by atoms with Crippen molar-refractivity contribution in [3.63, 3.8) is 0 Å². The molecular formula is C16H29N3. The van der Waals surface area contributed by atoms with Crippen molar-refractivity contribution in [2.24, 2.45) is 17.8 Å². The number of hydrogen-bond donors (Lipinski definition) is 1. The van der Waals surface area contributed by atoms with Crippen molar-refractivity contribution in [2.75, 3.05) is 6.54 Å². The summed E-state index contributed by atoms with van der Waals surface area (Å²) < 4.78 is 2.04. The van der Waals surface area contributed by atoms with Gasteiger partial charge in [0.2, 0.25) is 0 Å². The molecule has 19 heavy (non-hydrogen) atoms. The first-order valence-corrected chi connectivity index (χ1v) is 7.78. The Labute approximate surface area is 117 Å². The summed E-state index contributed by atoms with van der Waals surface area (Å²) in [6.45, 7) is 11.2. The molecular weight excluding hydrogens is 234 g/mol. The van der Waals surface area contributed by atoms with Crippen molar-refractivity contribution >= 4 is 0 Å². The van der Waals surface area contributed by atoms with Gasteiger partial charge >= 0.3 is 0 Å². The van der Waals surface area contributed by atoms with E-state index in [-0.39, 0.29) is 0 Å². The van der Waals surface area contributed by atoms with Gasteiger partial charge in [-0.3, -0.25) is 4.68 Å². The summed E-state index contributed by atoms with van der Waals surface area (Å²) in [5.41, 5.74) is 1.24. The number of nitrogens with zero attached hydrogens (tertiary/aromatic N) is 2. The van der Waals surface area contributed by atoms with Crippen LogP contribution in [0.15, 0.2) is 12.4 Å². The van der Waals surface area contributed by atoms with Gasteiger partial charge in [-0.15, -0.1) is 0 Å². The molecule has 0 spiro atoms. The molecule has 3 nitrogen and oxygen atoms in total. The van der Waals surface area contributed by atoms with Gasteiger partial charge in [0.05, 0.1) is 12.7 Å². The van der Waals surface area contributed by atoms with Gasteiger partial charge in [0, 0.05) is 18.8 Å². The monoisotopic (exact) mass is 263 g/mol. The lowest BCUT2D eigenvalue weighted by Gasteiger charge is -2.38. The molecule has 1 saturated carbocycles. The van der Waals surface area contributed by atoms with E-state index in [9.17, 15) is 0 Å². The van der Waals surface area contributed by atoms with Gasteiger partial charge in [-0.1, -0.05) is 27.2 Å². The van der Waals surface area contributed by atoms with E-state index in [0.29, 0.717) is 6.04 Å². The highest BCUT2D eigenvalue weighted by atomic mass is 15.3. The smallest absolute Gasteiger partial charge is 0.0534 e. The van der Waals surface area contributed by atoms with Crippen molar-refractivity contribution in [1.82, 2.24) is 15.1 Å². The molecule has 0 aromatic carbocycles. The van der Waals surface area contributed by atoms with Gasteiger partial charge in [0.1, 0.15) is 0 Å². The predicted molar refractivity (Wildman–Crippen MR) is 80.1 cm³/mol. The van der Waals surface area contributed by atoms with E-state index in [1.165, 1.54) is 24.8 Å². The lowest BCUT2D eigenvalue weighted by Crippen LogP contribution is -2.43. The first-order chi connectivity index (χ1) is 9.06. The topological polar surface area (TPSA) is 29.9 Å². The SMILES string of the molecule is Cc1cnn(CCNC2CC(C)CCC2C(C)C)c1. The molecule has 1 N–H and O–H groups in total. The van der Waals surface area contributed by atoms with Gasteiger partial charge in [0.25, 0.3) is 0 Å². The van der Waals surface area contributed by atoms with Crippen LogP contribution in [0.3, 0.4) is 0 Å². The van der Waals surface area contributed by atoms with E-state index in [4.69, 9.17) is 0 Å². The summed E-state index contributed by atoms with van der Waals surface area (Å²) in [6, 6.07) is 0.695. The highest BCUT2D eigenvalue weighted by molar-refractivity contribution is 4.99. The minimum atomic E-state index is 0.695. The largest absolute Gasteiger partial charge is 0.312 e. The summed E-state index contributed by atoms with van der Waals surface area (Å²) in [5, 5.41) is 8.12. The quantitative estimate of drug-likeness (QED) is 0.884. The molecule has 1 aromatic heterocycles. The Morgan fingerprint density at radius 2 is 2.21 bits per heavy atom. The normalized spacial score (nSPS) is 27.9. The summed E-state index contributed by atoms with van der Waals surface area (Å²) in [4.78, 5) is 0. The van der Waals surface area contributed by atoms with Crippen LogP contribution in [0.25, 0.3) is 0 Å². The number of aromatic nitrogens is 2. The van der Waals surface area contributed by atoms with E-state index < -0.39 is 0 Å². The summed E-state index contributed by atoms with van der Waals surface area (Å²) in [5.74, 6) is 2.51. The molecule has 2 rings (SSSR count). The summed E-state index contributed by atoms with van der Waals surface area (Å²) in [6.07, 6.45) is 8.17. The Bertz CT molecular complexity index is 383. The second-order valence-electron chi connectivity index (χ2n) is 6.67. The molecule has 0 bridgehead atoms. The molecule has 1 fully saturated rings. The lowest BCUT2D eigenvalue weighted by molar-refractivity contribution is 0.169. The number of aryl methyl sites for hydroxylation is 1. The van der Waals surface area contributed by atoms with Crippen LogP contribution >= 0.6 is 0 Å². The molecule has 1 aliphatic rings. The standard InChI is InChI=1S/C16H29N3/c1-12(2)15-6-5-13(3)9-16(15)17-7-8-19-11-14(4)10-18-19/h10-13,15-17H,5-9H2,1-4H3. The van der Waals surface area contributed by atoms with Crippen LogP contribution in [0, 0.1) is 24.7 Å². The molecule has 3 unspecified atom stereocenters. The second kappa shape index (κ2) is 6.56. The molecule has 1 heterocycles. The molecule has 0 aliphatic heterocycles. The van der Waals surface area contributed by atoms with E-state index in [0.717, 1.165) is 30.8 Å². The fourth-order valence-corrected chi connectivity index (χ4v) is 3.39. The summed E-state index contributed by atoms with van der Waals surface area (Å²) >= 11 is 0. The van der Waals surface area contributed by atoms with Crippen molar-refractivity contribution in [2.45, 2.75) is 59.5 Å². The Kier molecular flexibility index (Phi) is 5.03. The van der Waals surface area contributed by atoms with E-state index in [2.05, 4.69) is 44.3 Å². The Balaban J connectivity index is 1.82. The highest BCUT2D eigenvalue weighted by Crippen LogP contribution is 2.33. The molecule has 3 heteroatoms. The lowest BCUT2D eigenvalue weighted by atomic mass is 9.74. The van der Waals surface area contributed by atoms with Gasteiger partial charge in [-0.25, -0.2) is 0 Å². The molecule has 3 atom stereocenters. The predicted octanol–water partition coefficient (Wildman–Crippen LogP) is 3.24. The minimum absolute atomic E-state index is 0.695. The average Bonchev–Trinajstić information content (AvgIpc) is 2.75. The molecule has 0 radical (unpaired) electrons. The maximum atomic E-state index is 4.34. The van der Waals surface area contributed by atoms with Crippen molar-refractivity contribution in [1.29, 1.82) is 0 Å². The Morgan fingerprint density at radius 3 is 2.84 bits per heavy atom. The zero-order chi connectivity index (χ0) is 13.8. The first-order valence-electron chi connectivity index (χ1n) is 7.78. The highest BCUT2D eigenvalue weighted by Gasteiger charge is 2.29. The summed E-state index contributed by atoms with van der Waals surface area (Å²) in [7, 11) is 0. The van der Waals surface area contributed by atoms with Crippen LogP contribution in [0.4, 0.5) is 0 Å². The van der Waals surface area contributed by atoms with Crippen molar-refractivity contribution < 1.29 is 0 Å². The molecule has 108 valence electrons. The molecule has 0 amide bonds. The number of rotatable bonds is 5. The van der Waals surface area contributed by atoms with Crippen LogP contribution in [0.2, 0.25) is 0 Å². The Morgan fingerprint density at radius 1 is 1.42 bits per heavy atom. The zero-order valence-corrected chi connectivity index (χ0v) is 12.9. The van der Waals surface area contributed by atoms with Crippen LogP contribution in [0.1, 0.15) is 45.6 Å². The number of hydrogen-bond acceptors (Lipinski definition) is 2. The average molecular weight is 263 g/mol. The van der Waals surface area contributed by atoms with Gasteiger partial charge in [0.15, 0.2) is 0 Å². The zero-order valence-electron chi connectivity index (χ0n) is 12.9. The molecule has 0 saturated heterocycles.